The number of H-pyrrole nitrogens is 1. The van der Waals surface area contributed by atoms with Gasteiger partial charge in [0.25, 0.3) is 0 Å². The summed E-state index contributed by atoms with van der Waals surface area (Å²) in [6.45, 7) is 4.44. The third-order valence-electron chi connectivity index (χ3n) is 2.92. The second kappa shape index (κ2) is 6.50. The molecule has 1 heterocycles. The molecular weight excluding hydrogens is 258 g/mol. The van der Waals surface area contributed by atoms with Gasteiger partial charge in [-0.05, 0) is 43.3 Å². The molecule has 100 valence electrons. The first-order valence-electron chi connectivity index (χ1n) is 6.46. The lowest BCUT2D eigenvalue weighted by molar-refractivity contribution is 0.129. The van der Waals surface area contributed by atoms with Crippen LogP contribution in [-0.2, 0) is 11.3 Å². The minimum absolute atomic E-state index is 0.650. The van der Waals surface area contributed by atoms with Crippen molar-refractivity contribution in [3.63, 3.8) is 0 Å². The summed E-state index contributed by atoms with van der Waals surface area (Å²) in [6.07, 6.45) is 1.95. The average molecular weight is 275 g/mol. The summed E-state index contributed by atoms with van der Waals surface area (Å²) in [4.78, 5) is 3.16. The largest absolute Gasteiger partial charge is 0.381 e. The van der Waals surface area contributed by atoms with Crippen molar-refractivity contribution >= 4 is 23.3 Å². The lowest BCUT2D eigenvalue weighted by atomic mass is 10.2. The van der Waals surface area contributed by atoms with Crippen LogP contribution in [0.1, 0.15) is 25.3 Å². The molecule has 1 aromatic carbocycles. The van der Waals surface area contributed by atoms with Crippen LogP contribution in [0.3, 0.4) is 0 Å². The third-order valence-corrected chi connectivity index (χ3v) is 3.25. The van der Waals surface area contributed by atoms with E-state index in [0.717, 1.165) is 43.6 Å². The van der Waals surface area contributed by atoms with E-state index in [0.29, 0.717) is 10.3 Å². The summed E-state index contributed by atoms with van der Waals surface area (Å²) in [5, 5.41) is 8.95. The van der Waals surface area contributed by atoms with Crippen molar-refractivity contribution in [2.24, 2.45) is 0 Å². The Labute approximate surface area is 117 Å². The molecule has 0 aliphatic rings. The molecule has 0 saturated heterocycles. The standard InChI is InChI=1S/C14H17N3OS/c1-2-7-18-8-3-6-17-13-9-11(10-15)4-5-12(13)16-14(17)19/h4-5,9H,2-3,6-8H2,1H3,(H,16,19). The van der Waals surface area contributed by atoms with E-state index in [2.05, 4.69) is 18.0 Å². The highest BCUT2D eigenvalue weighted by molar-refractivity contribution is 7.71. The lowest BCUT2D eigenvalue weighted by Gasteiger charge is -2.05. The molecule has 0 saturated carbocycles. The second-order valence-corrected chi connectivity index (χ2v) is 4.78. The molecule has 1 aromatic heterocycles. The molecule has 0 radical (unpaired) electrons. The molecule has 0 amide bonds. The molecule has 0 aliphatic heterocycles. The van der Waals surface area contributed by atoms with Crippen molar-refractivity contribution in [3.8, 4) is 6.07 Å². The van der Waals surface area contributed by atoms with Gasteiger partial charge >= 0.3 is 0 Å². The van der Waals surface area contributed by atoms with Crippen LogP contribution in [0.2, 0.25) is 0 Å². The van der Waals surface area contributed by atoms with E-state index in [1.165, 1.54) is 0 Å². The zero-order chi connectivity index (χ0) is 13.7. The summed E-state index contributed by atoms with van der Waals surface area (Å²) in [7, 11) is 0. The SMILES string of the molecule is CCCOCCCn1c(=S)[nH]c2ccc(C#N)cc21. The van der Waals surface area contributed by atoms with E-state index in [-0.39, 0.29) is 0 Å². The van der Waals surface area contributed by atoms with Crippen LogP contribution in [0.15, 0.2) is 18.2 Å². The molecule has 19 heavy (non-hydrogen) atoms. The van der Waals surface area contributed by atoms with Crippen LogP contribution in [0.4, 0.5) is 0 Å². The maximum Gasteiger partial charge on any atom is 0.178 e. The van der Waals surface area contributed by atoms with Gasteiger partial charge in [-0.3, -0.25) is 0 Å². The van der Waals surface area contributed by atoms with E-state index < -0.39 is 0 Å². The van der Waals surface area contributed by atoms with Crippen LogP contribution in [0.5, 0.6) is 0 Å². The molecule has 0 bridgehead atoms. The number of rotatable bonds is 6. The fourth-order valence-electron chi connectivity index (χ4n) is 2.02. The van der Waals surface area contributed by atoms with Gasteiger partial charge < -0.3 is 14.3 Å². The number of nitriles is 1. The minimum atomic E-state index is 0.650. The van der Waals surface area contributed by atoms with Gasteiger partial charge in [0.15, 0.2) is 4.77 Å². The van der Waals surface area contributed by atoms with Gasteiger partial charge in [0.05, 0.1) is 22.7 Å². The van der Waals surface area contributed by atoms with Crippen LogP contribution >= 0.6 is 12.2 Å². The molecule has 1 N–H and O–H groups in total. The van der Waals surface area contributed by atoms with E-state index in [9.17, 15) is 0 Å². The number of benzene rings is 1. The Balaban J connectivity index is 2.15. The van der Waals surface area contributed by atoms with Gasteiger partial charge in [-0.25, -0.2) is 0 Å². The number of aromatic nitrogens is 2. The van der Waals surface area contributed by atoms with E-state index in [1.807, 2.05) is 16.7 Å². The highest BCUT2D eigenvalue weighted by Gasteiger charge is 2.05. The van der Waals surface area contributed by atoms with Crippen molar-refractivity contribution in [3.05, 3.63) is 28.5 Å². The number of ether oxygens (including phenoxy) is 1. The van der Waals surface area contributed by atoms with Crippen LogP contribution in [0, 0.1) is 16.1 Å². The number of imidazole rings is 1. The molecule has 4 nitrogen and oxygen atoms in total. The molecule has 0 unspecified atom stereocenters. The normalized spacial score (nSPS) is 10.7. The van der Waals surface area contributed by atoms with Crippen molar-refractivity contribution in [2.45, 2.75) is 26.3 Å². The van der Waals surface area contributed by atoms with Gasteiger partial charge in [-0.1, -0.05) is 6.92 Å². The average Bonchev–Trinajstić information content (AvgIpc) is 2.74. The van der Waals surface area contributed by atoms with E-state index in [4.69, 9.17) is 22.2 Å². The highest BCUT2D eigenvalue weighted by atomic mass is 32.1. The fourth-order valence-corrected chi connectivity index (χ4v) is 2.32. The molecule has 2 rings (SSSR count). The number of nitrogens with zero attached hydrogens (tertiary/aromatic N) is 2. The third kappa shape index (κ3) is 3.22. The Hall–Kier alpha value is -1.64. The van der Waals surface area contributed by atoms with Gasteiger partial charge in [-0.2, -0.15) is 5.26 Å². The fraction of sp³-hybridized carbons (Fsp3) is 0.429. The summed E-state index contributed by atoms with van der Waals surface area (Å²) in [5.74, 6) is 0. The van der Waals surface area contributed by atoms with Crippen molar-refractivity contribution < 1.29 is 4.74 Å². The smallest absolute Gasteiger partial charge is 0.178 e. The number of fused-ring (bicyclic) bond motifs is 1. The van der Waals surface area contributed by atoms with Gasteiger partial charge in [0.2, 0.25) is 0 Å². The predicted octanol–water partition coefficient (Wildman–Crippen LogP) is 3.39. The molecule has 5 heteroatoms. The number of aryl methyl sites for hydroxylation is 1. The lowest BCUT2D eigenvalue weighted by Crippen LogP contribution is -2.03. The topological polar surface area (TPSA) is 53.7 Å². The Morgan fingerprint density at radius 3 is 3.00 bits per heavy atom. The van der Waals surface area contributed by atoms with Crippen LogP contribution in [0.25, 0.3) is 11.0 Å². The Kier molecular flexibility index (Phi) is 4.72. The van der Waals surface area contributed by atoms with Gasteiger partial charge in [0, 0.05) is 19.8 Å². The monoisotopic (exact) mass is 275 g/mol. The second-order valence-electron chi connectivity index (χ2n) is 4.39. The first kappa shape index (κ1) is 13.8. The molecule has 0 aliphatic carbocycles. The minimum Gasteiger partial charge on any atom is -0.381 e. The van der Waals surface area contributed by atoms with E-state index >= 15 is 0 Å². The predicted molar refractivity (Wildman–Crippen MR) is 77.6 cm³/mol. The maximum atomic E-state index is 8.95. The first-order valence-corrected chi connectivity index (χ1v) is 6.87. The van der Waals surface area contributed by atoms with Crippen molar-refractivity contribution in [1.29, 1.82) is 5.26 Å². The molecule has 0 fully saturated rings. The summed E-state index contributed by atoms with van der Waals surface area (Å²) >= 11 is 5.32. The Morgan fingerprint density at radius 1 is 1.42 bits per heavy atom. The van der Waals surface area contributed by atoms with Gasteiger partial charge in [0.1, 0.15) is 0 Å². The highest BCUT2D eigenvalue weighted by Crippen LogP contribution is 2.16. The Morgan fingerprint density at radius 2 is 2.26 bits per heavy atom. The summed E-state index contributed by atoms with van der Waals surface area (Å²) in [6, 6.07) is 7.71. The Bertz CT molecular complexity index is 651. The van der Waals surface area contributed by atoms with Crippen molar-refractivity contribution in [2.75, 3.05) is 13.2 Å². The number of aromatic amines is 1. The summed E-state index contributed by atoms with van der Waals surface area (Å²) < 4.78 is 8.19. The zero-order valence-electron chi connectivity index (χ0n) is 11.0. The number of nitrogens with one attached hydrogen (secondary N) is 1. The summed E-state index contributed by atoms with van der Waals surface area (Å²) in [5.41, 5.74) is 2.61. The van der Waals surface area contributed by atoms with Crippen LogP contribution in [-0.4, -0.2) is 22.8 Å². The molecular formula is C14H17N3OS. The van der Waals surface area contributed by atoms with Crippen molar-refractivity contribution in [1.82, 2.24) is 9.55 Å². The number of hydrogen-bond donors (Lipinski definition) is 1. The number of hydrogen-bond acceptors (Lipinski definition) is 3. The quantitative estimate of drug-likeness (QED) is 0.649. The first-order chi connectivity index (χ1) is 9.26. The zero-order valence-corrected chi connectivity index (χ0v) is 11.8. The van der Waals surface area contributed by atoms with Gasteiger partial charge in [-0.15, -0.1) is 0 Å². The molecule has 2 aromatic rings. The molecule has 0 spiro atoms. The van der Waals surface area contributed by atoms with E-state index in [1.54, 1.807) is 6.07 Å². The molecule has 0 atom stereocenters. The maximum absolute atomic E-state index is 8.95. The van der Waals surface area contributed by atoms with Crippen LogP contribution < -0.4 is 0 Å².